The van der Waals surface area contributed by atoms with Gasteiger partial charge in [-0.05, 0) is 42.0 Å². The first-order valence-electron chi connectivity index (χ1n) is 6.21. The van der Waals surface area contributed by atoms with Gasteiger partial charge in [0.25, 0.3) is 5.91 Å². The van der Waals surface area contributed by atoms with Crippen LogP contribution in [0.5, 0.6) is 0 Å². The van der Waals surface area contributed by atoms with Crippen LogP contribution in [0.3, 0.4) is 0 Å². The molecule has 1 fully saturated rings. The maximum Gasteiger partial charge on any atom is 0.252 e. The zero-order chi connectivity index (χ0) is 13.7. The van der Waals surface area contributed by atoms with Gasteiger partial charge in [0.1, 0.15) is 5.60 Å². The molecule has 0 spiro atoms. The second-order valence-corrected chi connectivity index (χ2v) is 5.86. The average Bonchev–Trinajstić information content (AvgIpc) is 2.46. The van der Waals surface area contributed by atoms with Crippen LogP contribution in [0.4, 0.5) is 0 Å². The molecule has 1 aromatic rings. The minimum atomic E-state index is -1.21. The van der Waals surface area contributed by atoms with Crippen LogP contribution < -0.4 is 5.32 Å². The van der Waals surface area contributed by atoms with Crippen molar-refractivity contribution in [1.29, 1.82) is 5.26 Å². The Labute approximate surface area is 116 Å². The summed E-state index contributed by atoms with van der Waals surface area (Å²) in [6.07, 6.45) is 1.02. The van der Waals surface area contributed by atoms with E-state index in [1.807, 2.05) is 6.07 Å². The lowest BCUT2D eigenvalue weighted by Gasteiger charge is -2.30. The van der Waals surface area contributed by atoms with Crippen LogP contribution in [0.1, 0.15) is 24.0 Å². The number of nitriles is 1. The summed E-state index contributed by atoms with van der Waals surface area (Å²) in [5.41, 5.74) is 0.303. The first kappa shape index (κ1) is 13.9. The molecule has 0 aliphatic carbocycles. The molecule has 100 valence electrons. The zero-order valence-electron chi connectivity index (χ0n) is 10.6. The number of hydrogen-bond donors (Lipinski definition) is 2. The van der Waals surface area contributed by atoms with Gasteiger partial charge in [-0.2, -0.15) is 17.0 Å². The first-order chi connectivity index (χ1) is 9.14. The summed E-state index contributed by atoms with van der Waals surface area (Å²) in [5.74, 6) is 1.35. The lowest BCUT2D eigenvalue weighted by Crippen LogP contribution is -2.48. The molecule has 0 aromatic heterocycles. The second-order valence-electron chi connectivity index (χ2n) is 4.64. The summed E-state index contributed by atoms with van der Waals surface area (Å²) in [4.78, 5) is 12.0. The smallest absolute Gasteiger partial charge is 0.252 e. The molecule has 0 bridgehead atoms. The molecule has 0 atom stereocenters. The number of amides is 1. The third kappa shape index (κ3) is 3.49. The van der Waals surface area contributed by atoms with E-state index in [1.54, 1.807) is 36.0 Å². The van der Waals surface area contributed by atoms with E-state index < -0.39 is 5.60 Å². The maximum atomic E-state index is 12.0. The Hall–Kier alpha value is -1.51. The van der Waals surface area contributed by atoms with Crippen molar-refractivity contribution in [2.24, 2.45) is 0 Å². The summed E-state index contributed by atoms with van der Waals surface area (Å²) in [7, 11) is 0. The molecule has 2 rings (SSSR count). The van der Waals surface area contributed by atoms with Crippen molar-refractivity contribution in [1.82, 2.24) is 5.32 Å². The predicted molar refractivity (Wildman–Crippen MR) is 74.5 cm³/mol. The monoisotopic (exact) mass is 276 g/mol. The highest BCUT2D eigenvalue weighted by Crippen LogP contribution is 2.27. The minimum Gasteiger partial charge on any atom is -0.380 e. The predicted octanol–water partition coefficient (Wildman–Crippen LogP) is 1.43. The molecule has 4 nitrogen and oxygen atoms in total. The van der Waals surface area contributed by atoms with Crippen LogP contribution in [0.25, 0.3) is 0 Å². The number of nitrogens with one attached hydrogen (secondary N) is 1. The van der Waals surface area contributed by atoms with E-state index in [0.717, 1.165) is 17.1 Å². The number of benzene rings is 1. The molecule has 0 saturated carbocycles. The minimum absolute atomic E-state index is 0.294. The Balaban J connectivity index is 1.90. The summed E-state index contributed by atoms with van der Waals surface area (Å²) < 4.78 is 0. The molecule has 1 aliphatic rings. The van der Waals surface area contributed by atoms with E-state index in [2.05, 4.69) is 5.32 Å². The van der Waals surface area contributed by atoms with Crippen molar-refractivity contribution in [2.45, 2.75) is 25.0 Å². The van der Waals surface area contributed by atoms with E-state index in [1.165, 1.54) is 0 Å². The maximum absolute atomic E-state index is 12.0. The summed E-state index contributed by atoms with van der Waals surface area (Å²) in [6, 6.07) is 9.09. The van der Waals surface area contributed by atoms with Crippen molar-refractivity contribution < 1.29 is 9.90 Å². The van der Waals surface area contributed by atoms with Gasteiger partial charge >= 0.3 is 0 Å². The SMILES string of the molecule is N#Cc1ccc(CNC(=O)C2(O)CCSCC2)cc1. The fraction of sp³-hybridized carbons (Fsp3) is 0.429. The molecular weight excluding hydrogens is 260 g/mol. The molecule has 5 heteroatoms. The number of carbonyl (C=O) groups excluding carboxylic acids is 1. The van der Waals surface area contributed by atoms with Crippen molar-refractivity contribution in [3.05, 3.63) is 35.4 Å². The highest BCUT2D eigenvalue weighted by molar-refractivity contribution is 7.99. The average molecular weight is 276 g/mol. The van der Waals surface area contributed by atoms with Crippen molar-refractivity contribution in [2.75, 3.05) is 11.5 Å². The van der Waals surface area contributed by atoms with E-state index in [-0.39, 0.29) is 5.91 Å². The Morgan fingerprint density at radius 3 is 2.58 bits per heavy atom. The van der Waals surface area contributed by atoms with Crippen LogP contribution in [0, 0.1) is 11.3 Å². The highest BCUT2D eigenvalue weighted by Gasteiger charge is 2.36. The van der Waals surface area contributed by atoms with Crippen molar-refractivity contribution >= 4 is 17.7 Å². The van der Waals surface area contributed by atoms with Gasteiger partial charge in [-0.15, -0.1) is 0 Å². The van der Waals surface area contributed by atoms with Crippen molar-refractivity contribution in [3.63, 3.8) is 0 Å². The third-order valence-electron chi connectivity index (χ3n) is 3.28. The third-order valence-corrected chi connectivity index (χ3v) is 4.26. The van der Waals surface area contributed by atoms with Gasteiger partial charge in [0, 0.05) is 6.54 Å². The number of hydrogen-bond acceptors (Lipinski definition) is 4. The van der Waals surface area contributed by atoms with E-state index in [9.17, 15) is 9.90 Å². The van der Waals surface area contributed by atoms with Crippen LogP contribution in [0.15, 0.2) is 24.3 Å². The summed E-state index contributed by atoms with van der Waals surface area (Å²) in [6.45, 7) is 0.375. The molecule has 1 aliphatic heterocycles. The standard InChI is InChI=1S/C14H16N2O2S/c15-9-11-1-3-12(4-2-11)10-16-13(17)14(18)5-7-19-8-6-14/h1-4,18H,5-8,10H2,(H,16,17). The van der Waals surface area contributed by atoms with Crippen LogP contribution in [-0.2, 0) is 11.3 Å². The Kier molecular flexibility index (Phi) is 4.46. The molecule has 1 heterocycles. The number of aliphatic hydroxyl groups is 1. The number of thioether (sulfide) groups is 1. The lowest BCUT2D eigenvalue weighted by atomic mass is 9.95. The van der Waals surface area contributed by atoms with Crippen LogP contribution in [-0.4, -0.2) is 28.1 Å². The van der Waals surface area contributed by atoms with E-state index >= 15 is 0 Å². The Bertz CT molecular complexity index is 487. The normalized spacial score (nSPS) is 17.5. The second kappa shape index (κ2) is 6.09. The number of rotatable bonds is 3. The molecule has 1 saturated heterocycles. The van der Waals surface area contributed by atoms with Gasteiger partial charge in [0.15, 0.2) is 0 Å². The summed E-state index contributed by atoms with van der Waals surface area (Å²) in [5, 5.41) is 21.7. The Morgan fingerprint density at radius 1 is 1.37 bits per heavy atom. The zero-order valence-corrected chi connectivity index (χ0v) is 11.4. The van der Waals surface area contributed by atoms with Crippen molar-refractivity contribution in [3.8, 4) is 6.07 Å². The largest absolute Gasteiger partial charge is 0.380 e. The quantitative estimate of drug-likeness (QED) is 0.876. The van der Waals surface area contributed by atoms with Crippen LogP contribution >= 0.6 is 11.8 Å². The van der Waals surface area contributed by atoms with Gasteiger partial charge in [0.05, 0.1) is 11.6 Å². The molecule has 2 N–H and O–H groups in total. The lowest BCUT2D eigenvalue weighted by molar-refractivity contribution is -0.140. The number of nitrogens with zero attached hydrogens (tertiary/aromatic N) is 1. The van der Waals surface area contributed by atoms with E-state index in [4.69, 9.17) is 5.26 Å². The number of carbonyl (C=O) groups is 1. The van der Waals surface area contributed by atoms with Gasteiger partial charge in [-0.25, -0.2) is 0 Å². The Morgan fingerprint density at radius 2 is 2.00 bits per heavy atom. The fourth-order valence-electron chi connectivity index (χ4n) is 1.98. The molecule has 0 unspecified atom stereocenters. The van der Waals surface area contributed by atoms with Gasteiger partial charge < -0.3 is 10.4 Å². The van der Waals surface area contributed by atoms with Gasteiger partial charge in [-0.1, -0.05) is 12.1 Å². The molecule has 0 radical (unpaired) electrons. The molecule has 1 aromatic carbocycles. The topological polar surface area (TPSA) is 73.1 Å². The molecular formula is C14H16N2O2S. The first-order valence-corrected chi connectivity index (χ1v) is 7.37. The molecule has 1 amide bonds. The van der Waals surface area contributed by atoms with Gasteiger partial charge in [0.2, 0.25) is 0 Å². The van der Waals surface area contributed by atoms with E-state index in [0.29, 0.717) is 24.9 Å². The molecule has 19 heavy (non-hydrogen) atoms. The van der Waals surface area contributed by atoms with Gasteiger partial charge in [-0.3, -0.25) is 4.79 Å². The summed E-state index contributed by atoms with van der Waals surface area (Å²) >= 11 is 1.76. The van der Waals surface area contributed by atoms with Crippen LogP contribution in [0.2, 0.25) is 0 Å². The fourth-order valence-corrected chi connectivity index (χ4v) is 3.15. The highest BCUT2D eigenvalue weighted by atomic mass is 32.2.